The summed E-state index contributed by atoms with van der Waals surface area (Å²) in [5.74, 6) is 0.661. The van der Waals surface area contributed by atoms with Crippen molar-refractivity contribution in [3.63, 3.8) is 0 Å². The van der Waals surface area contributed by atoms with Crippen LogP contribution in [0.25, 0.3) is 0 Å². The average molecular weight is 320 g/mol. The Morgan fingerprint density at radius 1 is 1.33 bits per heavy atom. The van der Waals surface area contributed by atoms with Crippen molar-refractivity contribution in [1.29, 1.82) is 0 Å². The fraction of sp³-hybridized carbons (Fsp3) is 0.444. The van der Waals surface area contributed by atoms with E-state index in [9.17, 15) is 0 Å². The van der Waals surface area contributed by atoms with E-state index in [1.807, 2.05) is 0 Å². The quantitative estimate of drug-likeness (QED) is 0.820. The molecular weight excluding hydrogens is 298 g/mol. The van der Waals surface area contributed by atoms with E-state index in [0.29, 0.717) is 12.0 Å². The predicted molar refractivity (Wildman–Crippen MR) is 92.4 cm³/mol. The molecule has 2 atom stereocenters. The maximum Gasteiger partial charge on any atom is 0.0960 e. The van der Waals surface area contributed by atoms with Gasteiger partial charge in [-0.15, -0.1) is 11.3 Å². The fourth-order valence-electron chi connectivity index (χ4n) is 3.37. The molecule has 3 heteroatoms. The molecule has 3 rings (SSSR count). The Bertz CT molecular complexity index is 600. The third-order valence-electron chi connectivity index (χ3n) is 4.46. The van der Waals surface area contributed by atoms with Crippen LogP contribution in [0.2, 0.25) is 4.34 Å². The van der Waals surface area contributed by atoms with Crippen LogP contribution in [0.1, 0.15) is 41.0 Å². The van der Waals surface area contributed by atoms with Gasteiger partial charge in [0.2, 0.25) is 0 Å². The monoisotopic (exact) mass is 319 g/mol. The highest BCUT2D eigenvalue weighted by molar-refractivity contribution is 7.16. The lowest BCUT2D eigenvalue weighted by molar-refractivity contribution is 0.334. The molecule has 1 aromatic heterocycles. The molecule has 1 aliphatic carbocycles. The predicted octanol–water partition coefficient (Wildman–Crippen LogP) is 5.17. The van der Waals surface area contributed by atoms with Gasteiger partial charge in [0, 0.05) is 10.9 Å². The van der Waals surface area contributed by atoms with Crippen LogP contribution in [0, 0.1) is 12.8 Å². The normalized spacial score (nSPS) is 19.3. The van der Waals surface area contributed by atoms with Gasteiger partial charge in [-0.1, -0.05) is 42.8 Å². The number of hydrogen-bond donors (Lipinski definition) is 1. The molecule has 0 aliphatic heterocycles. The lowest BCUT2D eigenvalue weighted by atomic mass is 9.79. The van der Waals surface area contributed by atoms with Gasteiger partial charge in [0.1, 0.15) is 0 Å². The van der Waals surface area contributed by atoms with Crippen molar-refractivity contribution in [2.24, 2.45) is 5.92 Å². The molecule has 0 spiro atoms. The maximum atomic E-state index is 6.28. The second-order valence-electron chi connectivity index (χ2n) is 5.91. The van der Waals surface area contributed by atoms with Gasteiger partial charge in [-0.2, -0.15) is 0 Å². The average Bonchev–Trinajstić information content (AvgIpc) is 2.83. The number of fused-ring (bicyclic) bond motifs is 1. The Hall–Kier alpha value is -0.830. The molecule has 0 saturated heterocycles. The summed E-state index contributed by atoms with van der Waals surface area (Å²) >= 11 is 8.02. The molecule has 1 nitrogen and oxygen atoms in total. The molecule has 2 aromatic rings. The van der Waals surface area contributed by atoms with Crippen LogP contribution in [0.4, 0.5) is 0 Å². The van der Waals surface area contributed by atoms with E-state index in [4.69, 9.17) is 11.6 Å². The van der Waals surface area contributed by atoms with Gasteiger partial charge >= 0.3 is 0 Å². The number of benzene rings is 1. The molecule has 1 aliphatic rings. The van der Waals surface area contributed by atoms with Crippen LogP contribution in [0.15, 0.2) is 30.3 Å². The number of hydrogen-bond acceptors (Lipinski definition) is 2. The van der Waals surface area contributed by atoms with Crippen LogP contribution in [-0.4, -0.2) is 6.54 Å². The summed E-state index contributed by atoms with van der Waals surface area (Å²) in [7, 11) is 0. The van der Waals surface area contributed by atoms with E-state index in [0.717, 1.165) is 10.9 Å². The van der Waals surface area contributed by atoms with Crippen LogP contribution in [-0.2, 0) is 12.8 Å². The third-order valence-corrected chi connectivity index (χ3v) is 6.10. The standard InChI is InChI=1S/C18H22ClNS/c1-3-20-17(16-10-12(2)18(19)21-16)15-9-8-13-6-4-5-7-14(13)11-15/h4-7,10,15,17,20H,3,8-9,11H2,1-2H3. The van der Waals surface area contributed by atoms with Gasteiger partial charge in [-0.25, -0.2) is 0 Å². The lowest BCUT2D eigenvalue weighted by Gasteiger charge is -2.31. The van der Waals surface area contributed by atoms with Crippen LogP contribution in [0.3, 0.4) is 0 Å². The fourth-order valence-corrected chi connectivity index (χ4v) is 4.75. The second kappa shape index (κ2) is 6.51. The van der Waals surface area contributed by atoms with Crippen molar-refractivity contribution < 1.29 is 0 Å². The zero-order valence-electron chi connectivity index (χ0n) is 12.7. The molecule has 21 heavy (non-hydrogen) atoms. The Labute approximate surface area is 136 Å². The molecule has 112 valence electrons. The first-order chi connectivity index (χ1) is 10.2. The Morgan fingerprint density at radius 2 is 2.10 bits per heavy atom. The summed E-state index contributed by atoms with van der Waals surface area (Å²) in [6, 6.07) is 11.6. The van der Waals surface area contributed by atoms with Gasteiger partial charge in [0.15, 0.2) is 0 Å². The van der Waals surface area contributed by atoms with Crippen LogP contribution in [0.5, 0.6) is 0 Å². The van der Waals surface area contributed by atoms with Gasteiger partial charge in [0.25, 0.3) is 0 Å². The summed E-state index contributed by atoms with van der Waals surface area (Å²) < 4.78 is 0.934. The molecule has 1 heterocycles. The summed E-state index contributed by atoms with van der Waals surface area (Å²) in [6.45, 7) is 5.28. The Kier molecular flexibility index (Phi) is 4.68. The summed E-state index contributed by atoms with van der Waals surface area (Å²) in [6.07, 6.45) is 3.62. The highest BCUT2D eigenvalue weighted by Crippen LogP contribution is 2.39. The smallest absolute Gasteiger partial charge is 0.0960 e. The Morgan fingerprint density at radius 3 is 2.76 bits per heavy atom. The summed E-state index contributed by atoms with van der Waals surface area (Å²) in [5, 5.41) is 3.69. The largest absolute Gasteiger partial charge is 0.309 e. The third kappa shape index (κ3) is 3.18. The first-order valence-electron chi connectivity index (χ1n) is 7.75. The van der Waals surface area contributed by atoms with Gasteiger partial charge in [-0.3, -0.25) is 0 Å². The first kappa shape index (κ1) is 15.1. The molecule has 2 unspecified atom stereocenters. The van der Waals surface area contributed by atoms with Crippen LogP contribution < -0.4 is 5.32 Å². The van der Waals surface area contributed by atoms with Gasteiger partial charge < -0.3 is 5.32 Å². The van der Waals surface area contributed by atoms with Crippen molar-refractivity contribution in [3.05, 3.63) is 56.2 Å². The van der Waals surface area contributed by atoms with E-state index < -0.39 is 0 Å². The second-order valence-corrected chi connectivity index (χ2v) is 7.60. The van der Waals surface area contributed by atoms with E-state index in [1.165, 1.54) is 40.8 Å². The SMILES string of the molecule is CCNC(c1cc(C)c(Cl)s1)C1CCc2ccccc2C1. The summed E-state index contributed by atoms with van der Waals surface area (Å²) in [4.78, 5) is 1.39. The molecule has 1 N–H and O–H groups in total. The number of aryl methyl sites for hydroxylation is 2. The van der Waals surface area contributed by atoms with Crippen molar-refractivity contribution in [2.75, 3.05) is 6.54 Å². The zero-order chi connectivity index (χ0) is 14.8. The number of rotatable bonds is 4. The topological polar surface area (TPSA) is 12.0 Å². The van der Waals surface area contributed by atoms with E-state index in [-0.39, 0.29) is 0 Å². The first-order valence-corrected chi connectivity index (χ1v) is 8.94. The zero-order valence-corrected chi connectivity index (χ0v) is 14.2. The lowest BCUT2D eigenvalue weighted by Crippen LogP contribution is -2.31. The number of nitrogens with one attached hydrogen (secondary N) is 1. The van der Waals surface area contributed by atoms with Crippen molar-refractivity contribution in [3.8, 4) is 0 Å². The highest BCUT2D eigenvalue weighted by Gasteiger charge is 2.28. The molecular formula is C18H22ClNS. The van der Waals surface area contributed by atoms with Crippen molar-refractivity contribution >= 4 is 22.9 Å². The molecule has 0 bridgehead atoms. The van der Waals surface area contributed by atoms with E-state index in [2.05, 4.69) is 49.5 Å². The minimum absolute atomic E-state index is 0.430. The molecule has 0 radical (unpaired) electrons. The Balaban J connectivity index is 1.85. The van der Waals surface area contributed by atoms with Crippen LogP contribution >= 0.6 is 22.9 Å². The van der Waals surface area contributed by atoms with Gasteiger partial charge in [-0.05, 0) is 61.4 Å². The van der Waals surface area contributed by atoms with E-state index >= 15 is 0 Å². The maximum absolute atomic E-state index is 6.28. The molecule has 0 saturated carbocycles. The van der Waals surface area contributed by atoms with Crippen molar-refractivity contribution in [2.45, 2.75) is 39.2 Å². The molecule has 0 fully saturated rings. The highest BCUT2D eigenvalue weighted by atomic mass is 35.5. The van der Waals surface area contributed by atoms with Crippen molar-refractivity contribution in [1.82, 2.24) is 5.32 Å². The minimum Gasteiger partial charge on any atom is -0.309 e. The van der Waals surface area contributed by atoms with Gasteiger partial charge in [0.05, 0.1) is 4.34 Å². The van der Waals surface area contributed by atoms with E-state index in [1.54, 1.807) is 11.3 Å². The number of halogens is 1. The molecule has 0 amide bonds. The molecule has 1 aromatic carbocycles. The summed E-state index contributed by atoms with van der Waals surface area (Å²) in [5.41, 5.74) is 4.26. The minimum atomic E-state index is 0.430. The number of thiophene rings is 1.